The lowest BCUT2D eigenvalue weighted by atomic mass is 10.3. The van der Waals surface area contributed by atoms with Gasteiger partial charge >= 0.3 is 6.18 Å². The summed E-state index contributed by atoms with van der Waals surface area (Å²) in [6, 6.07) is 0. The molecule has 1 aromatic heterocycles. The Morgan fingerprint density at radius 1 is 1.53 bits per heavy atom. The molecule has 17 heavy (non-hydrogen) atoms. The van der Waals surface area contributed by atoms with Gasteiger partial charge in [-0.15, -0.1) is 11.6 Å². The largest absolute Gasteiger partial charge is 0.411 e. The summed E-state index contributed by atoms with van der Waals surface area (Å²) in [4.78, 5) is 0. The summed E-state index contributed by atoms with van der Waals surface area (Å²) in [5.41, 5.74) is 0.892. The molecule has 7 heteroatoms. The van der Waals surface area contributed by atoms with Crippen LogP contribution >= 0.6 is 11.6 Å². The molecule has 0 aliphatic rings. The summed E-state index contributed by atoms with van der Waals surface area (Å²) in [6.07, 6.45) is -0.351. The first-order chi connectivity index (χ1) is 7.88. The Bertz CT molecular complexity index is 339. The average Bonchev–Trinajstić information content (AvgIpc) is 2.64. The zero-order valence-electron chi connectivity index (χ0n) is 9.38. The molecule has 0 N–H and O–H groups in total. The number of hydrogen-bond acceptors (Lipinski definition) is 2. The highest BCUT2D eigenvalue weighted by Gasteiger charge is 2.27. The first-order valence-corrected chi connectivity index (χ1v) is 5.63. The number of rotatable bonds is 6. The molecule has 0 aliphatic carbocycles. The van der Waals surface area contributed by atoms with Crippen LogP contribution in [0.1, 0.15) is 24.3 Å². The predicted octanol–water partition coefficient (Wildman–Crippen LogP) is 3.15. The van der Waals surface area contributed by atoms with E-state index in [0.717, 1.165) is 5.56 Å². The monoisotopic (exact) mass is 270 g/mol. The lowest BCUT2D eigenvalue weighted by Gasteiger charge is -2.07. The van der Waals surface area contributed by atoms with Gasteiger partial charge in [0.1, 0.15) is 6.61 Å². The highest BCUT2D eigenvalue weighted by molar-refractivity contribution is 6.20. The first-order valence-electron chi connectivity index (χ1n) is 5.19. The van der Waals surface area contributed by atoms with E-state index in [-0.39, 0.29) is 12.0 Å². The van der Waals surface area contributed by atoms with E-state index in [1.54, 1.807) is 17.1 Å². The lowest BCUT2D eigenvalue weighted by Crippen LogP contribution is -2.17. The fourth-order valence-electron chi connectivity index (χ4n) is 1.22. The third-order valence-corrected chi connectivity index (χ3v) is 2.31. The zero-order chi connectivity index (χ0) is 12.9. The van der Waals surface area contributed by atoms with Crippen molar-refractivity contribution in [2.45, 2.75) is 31.4 Å². The molecule has 0 bridgehead atoms. The maximum atomic E-state index is 11.7. The Morgan fingerprint density at radius 2 is 2.24 bits per heavy atom. The van der Waals surface area contributed by atoms with Gasteiger partial charge in [-0.1, -0.05) is 0 Å². The quantitative estimate of drug-likeness (QED) is 0.586. The minimum Gasteiger partial charge on any atom is -0.372 e. The zero-order valence-corrected chi connectivity index (χ0v) is 10.1. The minimum atomic E-state index is -4.26. The molecule has 98 valence electrons. The molecule has 0 radical (unpaired) electrons. The highest BCUT2D eigenvalue weighted by atomic mass is 35.5. The average molecular weight is 271 g/mol. The van der Waals surface area contributed by atoms with Crippen molar-refractivity contribution >= 4 is 11.6 Å². The van der Waals surface area contributed by atoms with Crippen molar-refractivity contribution in [2.24, 2.45) is 0 Å². The second-order valence-electron chi connectivity index (χ2n) is 3.67. The number of halogens is 4. The van der Waals surface area contributed by atoms with Crippen molar-refractivity contribution < 1.29 is 17.9 Å². The van der Waals surface area contributed by atoms with E-state index >= 15 is 0 Å². The van der Waals surface area contributed by atoms with Crippen LogP contribution in [0, 0.1) is 0 Å². The van der Waals surface area contributed by atoms with Crippen molar-refractivity contribution in [3.8, 4) is 0 Å². The Labute approximate surface area is 103 Å². The van der Waals surface area contributed by atoms with Gasteiger partial charge in [0.25, 0.3) is 0 Å². The Morgan fingerprint density at radius 3 is 2.76 bits per heavy atom. The van der Waals surface area contributed by atoms with Crippen LogP contribution in [-0.2, 0) is 11.3 Å². The minimum absolute atomic E-state index is 0.0606. The maximum absolute atomic E-state index is 11.7. The van der Waals surface area contributed by atoms with Gasteiger partial charge in [0.05, 0.1) is 11.6 Å². The molecular formula is C10H14ClF3N2O. The number of alkyl halides is 4. The van der Waals surface area contributed by atoms with Gasteiger partial charge in [0.2, 0.25) is 0 Å². The van der Waals surface area contributed by atoms with Crippen LogP contribution in [0.2, 0.25) is 0 Å². The number of aromatic nitrogens is 2. The fraction of sp³-hybridized carbons (Fsp3) is 0.700. The van der Waals surface area contributed by atoms with E-state index in [1.165, 1.54) is 0 Å². The Balaban J connectivity index is 2.18. The summed E-state index contributed by atoms with van der Waals surface area (Å²) in [7, 11) is 0. The van der Waals surface area contributed by atoms with E-state index in [2.05, 4.69) is 9.84 Å². The lowest BCUT2D eigenvalue weighted by molar-refractivity contribution is -0.174. The molecule has 1 unspecified atom stereocenters. The topological polar surface area (TPSA) is 27.1 Å². The molecular weight excluding hydrogens is 257 g/mol. The molecule has 0 saturated heterocycles. The molecule has 1 rings (SSSR count). The summed E-state index contributed by atoms with van der Waals surface area (Å²) < 4.78 is 41.3. The smallest absolute Gasteiger partial charge is 0.372 e. The van der Waals surface area contributed by atoms with E-state index in [1.807, 2.05) is 6.92 Å². The fourth-order valence-corrected chi connectivity index (χ4v) is 1.34. The van der Waals surface area contributed by atoms with E-state index in [9.17, 15) is 13.2 Å². The first kappa shape index (κ1) is 14.3. The number of hydrogen-bond donors (Lipinski definition) is 0. The van der Waals surface area contributed by atoms with Crippen LogP contribution in [0.4, 0.5) is 13.2 Å². The molecule has 1 aromatic rings. The van der Waals surface area contributed by atoms with Crippen LogP contribution in [0.15, 0.2) is 12.4 Å². The van der Waals surface area contributed by atoms with Crippen molar-refractivity contribution in [1.82, 2.24) is 9.78 Å². The molecule has 1 atom stereocenters. The molecule has 0 aromatic carbocycles. The van der Waals surface area contributed by atoms with Gasteiger partial charge in [0, 0.05) is 24.9 Å². The molecule has 0 aliphatic heterocycles. The Kier molecular flexibility index (Phi) is 5.27. The molecule has 0 saturated carbocycles. The number of aryl methyl sites for hydroxylation is 1. The van der Waals surface area contributed by atoms with E-state index in [4.69, 9.17) is 11.6 Å². The van der Waals surface area contributed by atoms with Crippen molar-refractivity contribution in [1.29, 1.82) is 0 Å². The Hall–Kier alpha value is -0.750. The standard InChI is InChI=1S/C10H14ClF3N2O/c1-8(11)9-5-15-16(6-9)3-2-4-17-7-10(12,13)14/h5-6,8H,2-4,7H2,1H3. The molecule has 1 heterocycles. The van der Waals surface area contributed by atoms with Crippen LogP contribution < -0.4 is 0 Å². The van der Waals surface area contributed by atoms with Gasteiger partial charge in [-0.2, -0.15) is 18.3 Å². The van der Waals surface area contributed by atoms with Crippen LogP contribution in [0.5, 0.6) is 0 Å². The molecule has 0 amide bonds. The van der Waals surface area contributed by atoms with Crippen LogP contribution in [0.25, 0.3) is 0 Å². The summed E-state index contributed by atoms with van der Waals surface area (Å²) in [5.74, 6) is 0. The van der Waals surface area contributed by atoms with E-state index < -0.39 is 12.8 Å². The second kappa shape index (κ2) is 6.26. The van der Waals surface area contributed by atoms with Gasteiger partial charge in [-0.3, -0.25) is 4.68 Å². The molecule has 0 fully saturated rings. The van der Waals surface area contributed by atoms with Gasteiger partial charge in [-0.25, -0.2) is 0 Å². The molecule has 0 spiro atoms. The van der Waals surface area contributed by atoms with Gasteiger partial charge < -0.3 is 4.74 Å². The summed E-state index contributed by atoms with van der Waals surface area (Å²) in [6.45, 7) is 1.21. The second-order valence-corrected chi connectivity index (χ2v) is 4.33. The van der Waals surface area contributed by atoms with Crippen LogP contribution in [0.3, 0.4) is 0 Å². The summed E-state index contributed by atoms with van der Waals surface area (Å²) in [5, 5.41) is 3.92. The molecule has 3 nitrogen and oxygen atoms in total. The van der Waals surface area contributed by atoms with Crippen molar-refractivity contribution in [3.05, 3.63) is 18.0 Å². The number of nitrogens with zero attached hydrogens (tertiary/aromatic N) is 2. The highest BCUT2D eigenvalue weighted by Crippen LogP contribution is 2.18. The number of ether oxygens (including phenoxy) is 1. The van der Waals surface area contributed by atoms with E-state index in [0.29, 0.717) is 13.0 Å². The van der Waals surface area contributed by atoms with Gasteiger partial charge in [-0.05, 0) is 13.3 Å². The maximum Gasteiger partial charge on any atom is 0.411 e. The third kappa shape index (κ3) is 5.93. The van der Waals surface area contributed by atoms with Crippen molar-refractivity contribution in [2.75, 3.05) is 13.2 Å². The predicted molar refractivity (Wildman–Crippen MR) is 58.0 cm³/mol. The summed E-state index contributed by atoms with van der Waals surface area (Å²) >= 11 is 5.85. The van der Waals surface area contributed by atoms with Gasteiger partial charge in [0.15, 0.2) is 0 Å². The third-order valence-electron chi connectivity index (χ3n) is 2.05. The SMILES string of the molecule is CC(Cl)c1cnn(CCCOCC(F)(F)F)c1. The normalized spacial score (nSPS) is 13.9. The van der Waals surface area contributed by atoms with Crippen LogP contribution in [-0.4, -0.2) is 29.2 Å². The van der Waals surface area contributed by atoms with Crippen molar-refractivity contribution in [3.63, 3.8) is 0 Å².